The van der Waals surface area contributed by atoms with E-state index in [2.05, 4.69) is 24.1 Å². The van der Waals surface area contributed by atoms with Crippen LogP contribution in [0.15, 0.2) is 18.5 Å². The van der Waals surface area contributed by atoms with Crippen LogP contribution in [0, 0.1) is 0 Å². The number of rotatable bonds is 4. The highest BCUT2D eigenvalue weighted by Crippen LogP contribution is 2.17. The van der Waals surface area contributed by atoms with E-state index in [1.807, 2.05) is 28.9 Å². The smallest absolute Gasteiger partial charge is 0.244 e. The lowest BCUT2D eigenvalue weighted by molar-refractivity contribution is -0.134. The molecule has 1 aromatic rings. The fourth-order valence-corrected chi connectivity index (χ4v) is 3.41. The molecule has 2 heterocycles. The number of likely N-dealkylation sites (N-methyl/N-ethyl adjacent to an activating group) is 1. The molecule has 6 heteroatoms. The lowest BCUT2D eigenvalue weighted by Crippen LogP contribution is -2.47. The van der Waals surface area contributed by atoms with E-state index in [0.717, 1.165) is 31.0 Å². The summed E-state index contributed by atoms with van der Waals surface area (Å²) in [6.45, 7) is 2.14. The van der Waals surface area contributed by atoms with Crippen LogP contribution in [0.2, 0.25) is 0 Å². The van der Waals surface area contributed by atoms with E-state index in [4.69, 9.17) is 0 Å². The lowest BCUT2D eigenvalue weighted by Gasteiger charge is -2.31. The van der Waals surface area contributed by atoms with Gasteiger partial charge in [-0.15, -0.1) is 0 Å². The first-order valence-corrected chi connectivity index (χ1v) is 7.81. The monoisotopic (exact) mass is 282 g/mol. The second-order valence-corrected chi connectivity index (χ2v) is 6.29. The second-order valence-electron chi connectivity index (χ2n) is 5.14. The fourth-order valence-electron chi connectivity index (χ4n) is 2.35. The van der Waals surface area contributed by atoms with Gasteiger partial charge >= 0.3 is 0 Å². The summed E-state index contributed by atoms with van der Waals surface area (Å²) < 4.78 is 1.70. The zero-order valence-electron chi connectivity index (χ0n) is 11.7. The Bertz CT molecular complexity index is 393. The Morgan fingerprint density at radius 2 is 2.37 bits per heavy atom. The zero-order chi connectivity index (χ0) is 13.7. The average Bonchev–Trinajstić information content (AvgIpc) is 2.74. The molecular formula is C13H22N4OS. The van der Waals surface area contributed by atoms with E-state index in [1.165, 1.54) is 0 Å². The summed E-state index contributed by atoms with van der Waals surface area (Å²) in [5, 5.41) is 4.11. The number of carbonyl (C=O) groups is 1. The van der Waals surface area contributed by atoms with E-state index >= 15 is 0 Å². The Kier molecular flexibility index (Phi) is 5.27. The van der Waals surface area contributed by atoms with Gasteiger partial charge in [0.2, 0.25) is 5.91 Å². The summed E-state index contributed by atoms with van der Waals surface area (Å²) in [6.07, 6.45) is 4.63. The molecule has 5 nitrogen and oxygen atoms in total. The highest BCUT2D eigenvalue weighted by molar-refractivity contribution is 7.99. The molecule has 1 amide bonds. The third-order valence-corrected chi connectivity index (χ3v) is 4.39. The first kappa shape index (κ1) is 14.4. The minimum atomic E-state index is 0.179. The van der Waals surface area contributed by atoms with Crippen molar-refractivity contribution in [3.05, 3.63) is 18.5 Å². The largest absolute Gasteiger partial charge is 0.336 e. The topological polar surface area (TPSA) is 41.4 Å². The van der Waals surface area contributed by atoms with E-state index in [-0.39, 0.29) is 5.91 Å². The first-order valence-electron chi connectivity index (χ1n) is 6.66. The second kappa shape index (κ2) is 6.96. The molecule has 1 unspecified atom stereocenters. The summed E-state index contributed by atoms with van der Waals surface area (Å²) in [4.78, 5) is 16.6. The van der Waals surface area contributed by atoms with Crippen LogP contribution >= 0.6 is 11.8 Å². The third-order valence-electron chi connectivity index (χ3n) is 3.19. The van der Waals surface area contributed by atoms with Crippen molar-refractivity contribution in [1.82, 2.24) is 19.6 Å². The van der Waals surface area contributed by atoms with Gasteiger partial charge in [-0.1, -0.05) is 0 Å². The molecule has 0 spiro atoms. The maximum Gasteiger partial charge on any atom is 0.244 e. The molecule has 2 rings (SSSR count). The predicted molar refractivity (Wildman–Crippen MR) is 78.2 cm³/mol. The maximum atomic E-state index is 12.4. The van der Waals surface area contributed by atoms with Crippen LogP contribution in [0.1, 0.15) is 6.42 Å². The first-order chi connectivity index (χ1) is 9.16. The molecule has 0 aromatic carbocycles. The number of amides is 1. The Labute approximate surface area is 118 Å². The molecule has 0 N–H and O–H groups in total. The van der Waals surface area contributed by atoms with E-state index in [0.29, 0.717) is 12.6 Å². The lowest BCUT2D eigenvalue weighted by atomic mass is 10.2. The van der Waals surface area contributed by atoms with Crippen LogP contribution < -0.4 is 0 Å². The molecule has 0 radical (unpaired) electrons. The van der Waals surface area contributed by atoms with Crippen LogP contribution in [-0.2, 0) is 11.3 Å². The number of thioether (sulfide) groups is 1. The van der Waals surface area contributed by atoms with Crippen molar-refractivity contribution in [2.75, 3.05) is 38.7 Å². The van der Waals surface area contributed by atoms with Crippen molar-refractivity contribution in [3.8, 4) is 0 Å². The van der Waals surface area contributed by atoms with Gasteiger partial charge in [0.1, 0.15) is 6.54 Å². The van der Waals surface area contributed by atoms with Crippen molar-refractivity contribution in [2.45, 2.75) is 19.0 Å². The Balaban J connectivity index is 2.01. The van der Waals surface area contributed by atoms with Gasteiger partial charge in [-0.05, 0) is 32.3 Å². The fraction of sp³-hybridized carbons (Fsp3) is 0.692. The standard InChI is InChI=1S/C13H22N4OS/c1-15(2)9-12-11-19-8-4-7-17(12)13(18)10-16-6-3-5-14-16/h3,5-6,12H,4,7-11H2,1-2H3. The van der Waals surface area contributed by atoms with E-state index in [9.17, 15) is 4.79 Å². The number of carbonyl (C=O) groups excluding carboxylic acids is 1. The van der Waals surface area contributed by atoms with Crippen LogP contribution in [0.5, 0.6) is 0 Å². The van der Waals surface area contributed by atoms with Crippen LogP contribution in [0.3, 0.4) is 0 Å². The Morgan fingerprint density at radius 1 is 1.53 bits per heavy atom. The molecule has 0 bridgehead atoms. The predicted octanol–water partition coefficient (Wildman–Crippen LogP) is 0.779. The highest BCUT2D eigenvalue weighted by atomic mass is 32.2. The molecule has 19 heavy (non-hydrogen) atoms. The maximum absolute atomic E-state index is 12.4. The highest BCUT2D eigenvalue weighted by Gasteiger charge is 2.26. The molecule has 0 aliphatic carbocycles. The van der Waals surface area contributed by atoms with E-state index in [1.54, 1.807) is 10.9 Å². The van der Waals surface area contributed by atoms with Gasteiger partial charge in [0.25, 0.3) is 0 Å². The summed E-state index contributed by atoms with van der Waals surface area (Å²) in [7, 11) is 4.12. The van der Waals surface area contributed by atoms with Gasteiger partial charge in [0, 0.05) is 31.2 Å². The molecule has 106 valence electrons. The Morgan fingerprint density at radius 3 is 3.05 bits per heavy atom. The molecule has 1 atom stereocenters. The van der Waals surface area contributed by atoms with Gasteiger partial charge in [-0.2, -0.15) is 16.9 Å². The SMILES string of the molecule is CN(C)CC1CSCCCN1C(=O)Cn1cccn1. The van der Waals surface area contributed by atoms with Gasteiger partial charge in [0.15, 0.2) is 0 Å². The summed E-state index contributed by atoms with van der Waals surface area (Å²) in [6, 6.07) is 2.16. The van der Waals surface area contributed by atoms with Crippen LogP contribution in [-0.4, -0.2) is 70.2 Å². The van der Waals surface area contributed by atoms with Crippen molar-refractivity contribution in [1.29, 1.82) is 0 Å². The van der Waals surface area contributed by atoms with Gasteiger partial charge in [-0.3, -0.25) is 9.48 Å². The van der Waals surface area contributed by atoms with E-state index < -0.39 is 0 Å². The quantitative estimate of drug-likeness (QED) is 0.818. The minimum Gasteiger partial charge on any atom is -0.336 e. The van der Waals surface area contributed by atoms with Gasteiger partial charge in [0.05, 0.1) is 6.04 Å². The Hall–Kier alpha value is -1.01. The van der Waals surface area contributed by atoms with Crippen molar-refractivity contribution in [2.24, 2.45) is 0 Å². The summed E-state index contributed by atoms with van der Waals surface area (Å²) in [5.74, 6) is 2.36. The number of aromatic nitrogens is 2. The summed E-state index contributed by atoms with van der Waals surface area (Å²) >= 11 is 1.95. The van der Waals surface area contributed by atoms with Crippen molar-refractivity contribution in [3.63, 3.8) is 0 Å². The van der Waals surface area contributed by atoms with Crippen molar-refractivity contribution >= 4 is 17.7 Å². The molecule has 1 aliphatic rings. The molecule has 0 saturated carbocycles. The van der Waals surface area contributed by atoms with Gasteiger partial charge in [-0.25, -0.2) is 0 Å². The molecule has 1 fully saturated rings. The summed E-state index contributed by atoms with van der Waals surface area (Å²) in [5.41, 5.74) is 0. The molecule has 1 saturated heterocycles. The van der Waals surface area contributed by atoms with Gasteiger partial charge < -0.3 is 9.80 Å². The number of nitrogens with zero attached hydrogens (tertiary/aromatic N) is 4. The third kappa shape index (κ3) is 4.24. The number of hydrogen-bond donors (Lipinski definition) is 0. The molecule has 1 aliphatic heterocycles. The van der Waals surface area contributed by atoms with Crippen molar-refractivity contribution < 1.29 is 4.79 Å². The molecular weight excluding hydrogens is 260 g/mol. The zero-order valence-corrected chi connectivity index (χ0v) is 12.5. The van der Waals surface area contributed by atoms with Crippen LogP contribution in [0.4, 0.5) is 0 Å². The average molecular weight is 282 g/mol. The normalized spacial score (nSPS) is 20.6. The molecule has 1 aromatic heterocycles. The van der Waals surface area contributed by atoms with Crippen LogP contribution in [0.25, 0.3) is 0 Å². The number of hydrogen-bond acceptors (Lipinski definition) is 4. The minimum absolute atomic E-state index is 0.179.